The number of rotatable bonds is 4. The Morgan fingerprint density at radius 1 is 1.15 bits per heavy atom. The molecule has 1 amide bonds. The molecule has 0 heterocycles. The number of hydrogen-bond donors (Lipinski definition) is 1. The quantitative estimate of drug-likeness (QED) is 0.863. The highest BCUT2D eigenvalue weighted by atomic mass is 19.1. The Labute approximate surface area is 113 Å². The van der Waals surface area contributed by atoms with Crippen LogP contribution in [0.3, 0.4) is 0 Å². The van der Waals surface area contributed by atoms with Crippen molar-refractivity contribution in [1.29, 1.82) is 0 Å². The van der Waals surface area contributed by atoms with Gasteiger partial charge in [-0.3, -0.25) is 4.79 Å². The van der Waals surface area contributed by atoms with Gasteiger partial charge in [-0.25, -0.2) is 18.0 Å². The predicted molar refractivity (Wildman–Crippen MR) is 64.4 cm³/mol. The summed E-state index contributed by atoms with van der Waals surface area (Å²) in [5, 5.41) is 2.17. The molecule has 1 N–H and O–H groups in total. The highest BCUT2D eigenvalue weighted by Crippen LogP contribution is 2.15. The van der Waals surface area contributed by atoms with Crippen LogP contribution in [0.25, 0.3) is 0 Å². The van der Waals surface area contributed by atoms with Crippen LogP contribution in [0.2, 0.25) is 0 Å². The highest BCUT2D eigenvalue weighted by Gasteiger charge is 2.28. The molecule has 4 nitrogen and oxygen atoms in total. The third-order valence-electron chi connectivity index (χ3n) is 2.64. The molecule has 1 aromatic carbocycles. The number of hydrogen-bond acceptors (Lipinski definition) is 3. The first kappa shape index (κ1) is 16.0. The van der Waals surface area contributed by atoms with Gasteiger partial charge < -0.3 is 10.1 Å². The molecule has 0 bridgehead atoms. The van der Waals surface area contributed by atoms with Crippen molar-refractivity contribution in [3.05, 3.63) is 35.1 Å². The van der Waals surface area contributed by atoms with Crippen molar-refractivity contribution in [2.24, 2.45) is 5.92 Å². The van der Waals surface area contributed by atoms with Gasteiger partial charge in [-0.15, -0.1) is 0 Å². The van der Waals surface area contributed by atoms with Crippen molar-refractivity contribution in [3.8, 4) is 0 Å². The maximum atomic E-state index is 13.4. The van der Waals surface area contributed by atoms with Gasteiger partial charge in [-0.2, -0.15) is 0 Å². The molecule has 0 saturated carbocycles. The summed E-state index contributed by atoms with van der Waals surface area (Å²) in [6, 6.07) is -0.280. The molecule has 1 atom stereocenters. The van der Waals surface area contributed by atoms with Crippen LogP contribution in [-0.4, -0.2) is 25.0 Å². The summed E-state index contributed by atoms with van der Waals surface area (Å²) >= 11 is 0. The molecule has 0 radical (unpaired) electrons. The second-order valence-electron chi connectivity index (χ2n) is 4.46. The average Bonchev–Trinajstić information content (AvgIpc) is 2.33. The molecule has 0 fully saturated rings. The van der Waals surface area contributed by atoms with Crippen molar-refractivity contribution in [1.82, 2.24) is 5.32 Å². The molecule has 0 unspecified atom stereocenters. The second kappa shape index (κ2) is 6.40. The van der Waals surface area contributed by atoms with E-state index in [1.807, 2.05) is 0 Å². The minimum atomic E-state index is -1.34. The fourth-order valence-corrected chi connectivity index (χ4v) is 1.60. The minimum Gasteiger partial charge on any atom is -0.467 e. The Morgan fingerprint density at radius 3 is 2.05 bits per heavy atom. The number of amides is 1. The number of carbonyl (C=O) groups is 2. The summed E-state index contributed by atoms with van der Waals surface area (Å²) in [5.74, 6) is -6.05. The van der Waals surface area contributed by atoms with Crippen molar-refractivity contribution in [2.75, 3.05) is 7.11 Å². The standard InChI is InChI=1S/C13H14F3NO3/c1-6(2)11(13(19)20-3)17-12(18)10-8(15)4-7(14)5-9(10)16/h4-6,11H,1-3H3,(H,17,18)/t11-/m0/s1. The van der Waals surface area contributed by atoms with E-state index in [2.05, 4.69) is 10.1 Å². The van der Waals surface area contributed by atoms with Gasteiger partial charge in [0, 0.05) is 12.1 Å². The van der Waals surface area contributed by atoms with Crippen LogP contribution < -0.4 is 5.32 Å². The number of halogens is 3. The second-order valence-corrected chi connectivity index (χ2v) is 4.46. The van der Waals surface area contributed by atoms with E-state index >= 15 is 0 Å². The predicted octanol–water partition coefficient (Wildman–Crippen LogP) is 2.03. The SMILES string of the molecule is COC(=O)[C@@H](NC(=O)c1c(F)cc(F)cc1F)C(C)C. The van der Waals surface area contributed by atoms with Crippen LogP contribution >= 0.6 is 0 Å². The summed E-state index contributed by atoms with van der Waals surface area (Å²) in [7, 11) is 1.13. The summed E-state index contributed by atoms with van der Waals surface area (Å²) < 4.78 is 44.1. The topological polar surface area (TPSA) is 55.4 Å². The summed E-state index contributed by atoms with van der Waals surface area (Å²) in [4.78, 5) is 23.3. The molecule has 0 aliphatic rings. The Kier molecular flexibility index (Phi) is 5.12. The molecular weight excluding hydrogens is 275 g/mol. The van der Waals surface area contributed by atoms with E-state index in [0.717, 1.165) is 7.11 Å². The lowest BCUT2D eigenvalue weighted by Gasteiger charge is -2.20. The van der Waals surface area contributed by atoms with E-state index in [0.29, 0.717) is 12.1 Å². The van der Waals surface area contributed by atoms with E-state index in [4.69, 9.17) is 0 Å². The first-order chi connectivity index (χ1) is 9.27. The summed E-state index contributed by atoms with van der Waals surface area (Å²) in [6.45, 7) is 3.25. The number of nitrogens with one attached hydrogen (secondary N) is 1. The van der Waals surface area contributed by atoms with Gasteiger partial charge in [0.05, 0.1) is 7.11 Å². The van der Waals surface area contributed by atoms with Gasteiger partial charge in [0.2, 0.25) is 0 Å². The first-order valence-electron chi connectivity index (χ1n) is 5.81. The van der Waals surface area contributed by atoms with Crippen molar-refractivity contribution >= 4 is 11.9 Å². The Bertz CT molecular complexity index is 509. The molecule has 1 aromatic rings. The Hall–Kier alpha value is -2.05. The lowest BCUT2D eigenvalue weighted by Crippen LogP contribution is -2.45. The van der Waals surface area contributed by atoms with Crippen LogP contribution in [0, 0.1) is 23.4 Å². The van der Waals surface area contributed by atoms with Crippen LogP contribution in [-0.2, 0) is 9.53 Å². The number of methoxy groups -OCH3 is 1. The van der Waals surface area contributed by atoms with Gasteiger partial charge in [-0.05, 0) is 5.92 Å². The van der Waals surface area contributed by atoms with E-state index in [9.17, 15) is 22.8 Å². The zero-order valence-electron chi connectivity index (χ0n) is 11.2. The third-order valence-corrected chi connectivity index (χ3v) is 2.64. The summed E-state index contributed by atoms with van der Waals surface area (Å²) in [5.41, 5.74) is -0.944. The summed E-state index contributed by atoms with van der Waals surface area (Å²) in [6.07, 6.45) is 0. The smallest absolute Gasteiger partial charge is 0.328 e. The van der Waals surface area contributed by atoms with E-state index in [1.165, 1.54) is 0 Å². The fourth-order valence-electron chi connectivity index (χ4n) is 1.60. The minimum absolute atomic E-state index is 0.349. The fraction of sp³-hybridized carbons (Fsp3) is 0.385. The largest absolute Gasteiger partial charge is 0.467 e. The number of esters is 1. The first-order valence-corrected chi connectivity index (χ1v) is 5.81. The Morgan fingerprint density at radius 2 is 1.65 bits per heavy atom. The lowest BCUT2D eigenvalue weighted by atomic mass is 10.0. The molecule has 0 saturated heterocycles. The van der Waals surface area contributed by atoms with Gasteiger partial charge in [0.25, 0.3) is 5.91 Å². The van der Waals surface area contributed by atoms with E-state index in [1.54, 1.807) is 13.8 Å². The molecule has 0 aliphatic heterocycles. The van der Waals surface area contributed by atoms with E-state index < -0.39 is 40.9 Å². The number of carbonyl (C=O) groups excluding carboxylic acids is 2. The van der Waals surface area contributed by atoms with Crippen LogP contribution in [0.5, 0.6) is 0 Å². The zero-order valence-corrected chi connectivity index (χ0v) is 11.2. The van der Waals surface area contributed by atoms with Crippen molar-refractivity contribution in [3.63, 3.8) is 0 Å². The van der Waals surface area contributed by atoms with Crippen molar-refractivity contribution in [2.45, 2.75) is 19.9 Å². The van der Waals surface area contributed by atoms with Gasteiger partial charge in [0.15, 0.2) is 0 Å². The maximum Gasteiger partial charge on any atom is 0.328 e. The van der Waals surface area contributed by atoms with Gasteiger partial charge in [-0.1, -0.05) is 13.8 Å². The lowest BCUT2D eigenvalue weighted by molar-refractivity contribution is -0.144. The molecule has 1 rings (SSSR count). The molecule has 20 heavy (non-hydrogen) atoms. The van der Waals surface area contributed by atoms with Crippen molar-refractivity contribution < 1.29 is 27.5 Å². The van der Waals surface area contributed by atoms with E-state index in [-0.39, 0.29) is 5.92 Å². The highest BCUT2D eigenvalue weighted by molar-refractivity contribution is 5.97. The normalized spacial score (nSPS) is 12.2. The van der Waals surface area contributed by atoms with Gasteiger partial charge in [0.1, 0.15) is 29.1 Å². The molecule has 7 heteroatoms. The molecular formula is C13H14F3NO3. The number of ether oxygens (including phenoxy) is 1. The van der Waals surface area contributed by atoms with Crippen LogP contribution in [0.1, 0.15) is 24.2 Å². The van der Waals surface area contributed by atoms with Crippen LogP contribution in [0.15, 0.2) is 12.1 Å². The van der Waals surface area contributed by atoms with Gasteiger partial charge >= 0.3 is 5.97 Å². The third kappa shape index (κ3) is 3.49. The molecule has 110 valence electrons. The Balaban J connectivity index is 3.04. The van der Waals surface area contributed by atoms with Crippen LogP contribution in [0.4, 0.5) is 13.2 Å². The number of benzene rings is 1. The average molecular weight is 289 g/mol. The monoisotopic (exact) mass is 289 g/mol. The molecule has 0 aromatic heterocycles. The zero-order chi connectivity index (χ0) is 15.4. The molecule has 0 spiro atoms. The maximum absolute atomic E-state index is 13.4. The molecule has 0 aliphatic carbocycles.